The second-order valence-electron chi connectivity index (χ2n) is 9.93. The number of para-hydroxylation sites is 1. The summed E-state index contributed by atoms with van der Waals surface area (Å²) in [4.78, 5) is 17.4. The number of anilines is 1. The second-order valence-corrected chi connectivity index (χ2v) is 9.93. The summed E-state index contributed by atoms with van der Waals surface area (Å²) in [5, 5.41) is 3.13. The first-order chi connectivity index (χ1) is 15.1. The Morgan fingerprint density at radius 3 is 2.84 bits per heavy atom. The van der Waals surface area contributed by atoms with Gasteiger partial charge in [0.25, 0.3) is 0 Å². The molecule has 0 radical (unpaired) electrons. The van der Waals surface area contributed by atoms with Gasteiger partial charge in [-0.15, -0.1) is 0 Å². The van der Waals surface area contributed by atoms with Crippen LogP contribution >= 0.6 is 0 Å². The second kappa shape index (κ2) is 7.01. The van der Waals surface area contributed by atoms with Gasteiger partial charge in [0, 0.05) is 29.2 Å². The Morgan fingerprint density at radius 2 is 1.97 bits per heavy atom. The number of nitrogens with one attached hydrogen (secondary N) is 3. The molecule has 0 bridgehead atoms. The van der Waals surface area contributed by atoms with Crippen molar-refractivity contribution < 1.29 is 4.79 Å². The van der Waals surface area contributed by atoms with Crippen molar-refractivity contribution in [1.82, 2.24) is 15.8 Å². The molecule has 5 unspecified atom stereocenters. The number of rotatable bonds is 3. The summed E-state index contributed by atoms with van der Waals surface area (Å²) < 4.78 is 0. The molecule has 2 aliphatic heterocycles. The van der Waals surface area contributed by atoms with Gasteiger partial charge in [-0.2, -0.15) is 0 Å². The normalized spacial score (nSPS) is 35.9. The lowest BCUT2D eigenvalue weighted by molar-refractivity contribution is -0.118. The Hall–Kier alpha value is -2.50. The average molecular weight is 415 g/mol. The Labute approximate surface area is 183 Å². The van der Waals surface area contributed by atoms with Gasteiger partial charge in [0.2, 0.25) is 5.91 Å². The zero-order chi connectivity index (χ0) is 21.2. The molecule has 3 heterocycles. The summed E-state index contributed by atoms with van der Waals surface area (Å²) in [6.07, 6.45) is 9.08. The fraction of sp³-hybridized carbons (Fsp3) is 0.462. The SMILES string of the molecule is Cc1ccc(/C=C/C2NNC3CC(C4C[C@@]45C(=O)Nc4ccccc45)CCC23)c(C)n1. The fourth-order valence-corrected chi connectivity index (χ4v) is 6.53. The Bertz CT molecular complexity index is 1080. The van der Waals surface area contributed by atoms with Gasteiger partial charge in [0.15, 0.2) is 0 Å². The van der Waals surface area contributed by atoms with Crippen LogP contribution in [0.1, 0.15) is 48.2 Å². The van der Waals surface area contributed by atoms with Crippen molar-refractivity contribution in [1.29, 1.82) is 0 Å². The van der Waals surface area contributed by atoms with Crippen LogP contribution in [0.4, 0.5) is 5.69 Å². The van der Waals surface area contributed by atoms with Crippen molar-refractivity contribution in [3.63, 3.8) is 0 Å². The van der Waals surface area contributed by atoms with Gasteiger partial charge >= 0.3 is 0 Å². The topological polar surface area (TPSA) is 66.0 Å². The molecular formula is C26H30N4O. The predicted octanol–water partition coefficient (Wildman–Crippen LogP) is 3.88. The molecule has 1 aromatic carbocycles. The number of carbonyl (C=O) groups is 1. The van der Waals surface area contributed by atoms with Gasteiger partial charge in [-0.3, -0.25) is 20.6 Å². The van der Waals surface area contributed by atoms with E-state index in [4.69, 9.17) is 0 Å². The summed E-state index contributed by atoms with van der Waals surface area (Å²) >= 11 is 0. The van der Waals surface area contributed by atoms with Gasteiger partial charge in [0.1, 0.15) is 0 Å². The summed E-state index contributed by atoms with van der Waals surface area (Å²) in [7, 11) is 0. The third-order valence-electron chi connectivity index (χ3n) is 8.23. The van der Waals surface area contributed by atoms with Gasteiger partial charge in [-0.05, 0) is 80.5 Å². The first-order valence-electron chi connectivity index (χ1n) is 11.6. The Morgan fingerprint density at radius 1 is 1.10 bits per heavy atom. The highest BCUT2D eigenvalue weighted by atomic mass is 16.2. The van der Waals surface area contributed by atoms with E-state index >= 15 is 0 Å². The lowest BCUT2D eigenvalue weighted by Gasteiger charge is -2.33. The van der Waals surface area contributed by atoms with Crippen LogP contribution < -0.4 is 16.2 Å². The molecule has 1 amide bonds. The van der Waals surface area contributed by atoms with E-state index in [9.17, 15) is 4.79 Å². The highest BCUT2D eigenvalue weighted by molar-refractivity contribution is 6.08. The van der Waals surface area contributed by atoms with Gasteiger partial charge in [-0.1, -0.05) is 36.4 Å². The van der Waals surface area contributed by atoms with E-state index in [2.05, 4.69) is 64.5 Å². The van der Waals surface area contributed by atoms with E-state index in [0.717, 1.165) is 29.9 Å². The van der Waals surface area contributed by atoms with E-state index < -0.39 is 0 Å². The lowest BCUT2D eigenvalue weighted by Crippen LogP contribution is -2.37. The minimum atomic E-state index is -0.255. The number of aryl methyl sites for hydroxylation is 2. The molecule has 1 spiro atoms. The van der Waals surface area contributed by atoms with E-state index in [1.165, 1.54) is 24.0 Å². The van der Waals surface area contributed by atoms with Crippen LogP contribution in [0, 0.1) is 31.6 Å². The highest BCUT2D eigenvalue weighted by Gasteiger charge is 2.67. The minimum absolute atomic E-state index is 0.223. The van der Waals surface area contributed by atoms with Gasteiger partial charge in [-0.25, -0.2) is 0 Å². The van der Waals surface area contributed by atoms with E-state index in [0.29, 0.717) is 29.8 Å². The number of amides is 1. The van der Waals surface area contributed by atoms with Crippen molar-refractivity contribution in [3.8, 4) is 0 Å². The molecule has 31 heavy (non-hydrogen) atoms. The van der Waals surface area contributed by atoms with Crippen LogP contribution in [0.2, 0.25) is 0 Å². The van der Waals surface area contributed by atoms with Crippen molar-refractivity contribution in [2.24, 2.45) is 17.8 Å². The summed E-state index contributed by atoms with van der Waals surface area (Å²) in [5.41, 5.74) is 12.4. The molecule has 2 aliphatic carbocycles. The molecule has 6 rings (SSSR count). The summed E-state index contributed by atoms with van der Waals surface area (Å²) in [6, 6.07) is 13.3. The third kappa shape index (κ3) is 2.98. The van der Waals surface area contributed by atoms with Gasteiger partial charge in [0.05, 0.1) is 5.41 Å². The molecule has 1 aromatic heterocycles. The molecule has 160 valence electrons. The molecule has 6 atom stereocenters. The summed E-state index contributed by atoms with van der Waals surface area (Å²) in [5.74, 6) is 1.92. The third-order valence-corrected chi connectivity index (χ3v) is 8.23. The maximum absolute atomic E-state index is 12.9. The van der Waals surface area contributed by atoms with Crippen LogP contribution in [-0.2, 0) is 10.2 Å². The quantitative estimate of drug-likeness (QED) is 0.713. The fourth-order valence-electron chi connectivity index (χ4n) is 6.53. The maximum Gasteiger partial charge on any atom is 0.235 e. The molecule has 2 saturated carbocycles. The van der Waals surface area contributed by atoms with Crippen molar-refractivity contribution in [3.05, 3.63) is 65.0 Å². The number of hydrogen-bond acceptors (Lipinski definition) is 4. The number of pyridine rings is 1. The monoisotopic (exact) mass is 414 g/mol. The lowest BCUT2D eigenvalue weighted by atomic mass is 9.73. The highest BCUT2D eigenvalue weighted by Crippen LogP contribution is 2.64. The summed E-state index contributed by atoms with van der Waals surface area (Å²) in [6.45, 7) is 4.10. The molecule has 5 heteroatoms. The number of hydrogen-bond donors (Lipinski definition) is 3. The van der Waals surface area contributed by atoms with E-state index in [1.54, 1.807) is 0 Å². The number of benzene rings is 1. The van der Waals surface area contributed by atoms with Crippen LogP contribution in [0.5, 0.6) is 0 Å². The zero-order valence-electron chi connectivity index (χ0n) is 18.2. The van der Waals surface area contributed by atoms with E-state index in [1.807, 2.05) is 19.1 Å². The maximum atomic E-state index is 12.9. The van der Waals surface area contributed by atoms with Crippen molar-refractivity contribution >= 4 is 17.7 Å². The standard InChI is InChI=1S/C26H30N4O/c1-15-7-8-17(16(2)27-15)10-12-22-19-11-9-18(13-24(19)30-29-22)21-14-26(21)20-5-3-4-6-23(20)28-25(26)31/h3-8,10,12,18-19,21-22,24,29-30H,9,11,13-14H2,1-2H3,(H,28,31)/b12-10+/t18?,19?,21?,22?,24?,26-/m0/s1. The van der Waals surface area contributed by atoms with Crippen LogP contribution in [0.15, 0.2) is 42.5 Å². The number of nitrogens with zero attached hydrogens (tertiary/aromatic N) is 1. The number of carbonyl (C=O) groups excluding carboxylic acids is 1. The Balaban J connectivity index is 1.14. The number of aromatic nitrogens is 1. The average Bonchev–Trinajstić information content (AvgIpc) is 3.30. The molecule has 5 nitrogen and oxygen atoms in total. The molecule has 2 aromatic rings. The largest absolute Gasteiger partial charge is 0.325 e. The first-order valence-corrected chi connectivity index (χ1v) is 11.6. The molecule has 3 N–H and O–H groups in total. The van der Waals surface area contributed by atoms with E-state index in [-0.39, 0.29) is 11.3 Å². The minimum Gasteiger partial charge on any atom is -0.325 e. The predicted molar refractivity (Wildman–Crippen MR) is 122 cm³/mol. The Kier molecular flexibility index (Phi) is 4.34. The molecule has 3 fully saturated rings. The zero-order valence-corrected chi connectivity index (χ0v) is 18.2. The first kappa shape index (κ1) is 19.2. The van der Waals surface area contributed by atoms with Crippen LogP contribution in [0.3, 0.4) is 0 Å². The van der Waals surface area contributed by atoms with Crippen LogP contribution in [-0.4, -0.2) is 23.0 Å². The van der Waals surface area contributed by atoms with Crippen molar-refractivity contribution in [2.45, 2.75) is 57.0 Å². The molecular weight excluding hydrogens is 384 g/mol. The van der Waals surface area contributed by atoms with Crippen molar-refractivity contribution in [2.75, 3.05) is 5.32 Å². The molecule has 4 aliphatic rings. The smallest absolute Gasteiger partial charge is 0.235 e. The van der Waals surface area contributed by atoms with Gasteiger partial charge < -0.3 is 5.32 Å². The number of hydrazine groups is 1. The van der Waals surface area contributed by atoms with Crippen LogP contribution in [0.25, 0.3) is 6.08 Å². The number of fused-ring (bicyclic) bond motifs is 3. The molecule has 1 saturated heterocycles.